The number of aromatic nitrogens is 1. The number of amides is 1. The first-order valence-electron chi connectivity index (χ1n) is 6.02. The van der Waals surface area contributed by atoms with Crippen molar-refractivity contribution in [3.8, 4) is 0 Å². The van der Waals surface area contributed by atoms with Crippen molar-refractivity contribution in [1.29, 1.82) is 0 Å². The zero-order valence-electron chi connectivity index (χ0n) is 10.8. The van der Waals surface area contributed by atoms with Gasteiger partial charge >= 0.3 is 0 Å². The third-order valence-electron chi connectivity index (χ3n) is 2.97. The molecule has 1 N–H and O–H groups in total. The first kappa shape index (κ1) is 13.8. The Morgan fingerprint density at radius 2 is 2.11 bits per heavy atom. The second-order valence-electron chi connectivity index (χ2n) is 4.51. The maximum Gasteiger partial charge on any atom is 0.273 e. The van der Waals surface area contributed by atoms with E-state index in [9.17, 15) is 4.79 Å². The van der Waals surface area contributed by atoms with Gasteiger partial charge in [0.2, 0.25) is 0 Å². The summed E-state index contributed by atoms with van der Waals surface area (Å²) in [4.78, 5) is 11.9. The van der Waals surface area contributed by atoms with Gasteiger partial charge in [-0.25, -0.2) is 0 Å². The summed E-state index contributed by atoms with van der Waals surface area (Å²) in [6, 6.07) is 8.08. The average Bonchev–Trinajstić information content (AvgIpc) is 2.83. The van der Waals surface area contributed by atoms with Crippen LogP contribution in [-0.2, 0) is 0 Å². The van der Waals surface area contributed by atoms with Crippen LogP contribution in [0.15, 0.2) is 39.5 Å². The topological polar surface area (TPSA) is 55.1 Å². The van der Waals surface area contributed by atoms with Crippen LogP contribution in [0.5, 0.6) is 0 Å². The molecule has 19 heavy (non-hydrogen) atoms. The quantitative estimate of drug-likeness (QED) is 0.939. The second kappa shape index (κ2) is 6.02. The van der Waals surface area contributed by atoms with Crippen LogP contribution in [0.2, 0.25) is 0 Å². The van der Waals surface area contributed by atoms with Gasteiger partial charge in [-0.15, -0.1) is 0 Å². The molecule has 0 aliphatic heterocycles. The Hall–Kier alpha value is -1.62. The molecule has 100 valence electrons. The molecule has 0 aliphatic carbocycles. The first-order chi connectivity index (χ1) is 9.08. The normalized spacial score (nSPS) is 12.2. The van der Waals surface area contributed by atoms with E-state index in [0.717, 1.165) is 10.0 Å². The van der Waals surface area contributed by atoms with Gasteiger partial charge in [0.1, 0.15) is 6.26 Å². The number of halogens is 1. The number of rotatable bonds is 4. The van der Waals surface area contributed by atoms with Crippen molar-refractivity contribution in [2.45, 2.75) is 19.8 Å². The van der Waals surface area contributed by atoms with E-state index in [1.807, 2.05) is 24.3 Å². The van der Waals surface area contributed by atoms with E-state index in [-0.39, 0.29) is 11.8 Å². The Morgan fingerprint density at radius 1 is 1.42 bits per heavy atom. The first-order valence-corrected chi connectivity index (χ1v) is 6.82. The number of aryl methyl sites for hydroxylation is 1. The van der Waals surface area contributed by atoms with Gasteiger partial charge in [-0.05, 0) is 30.5 Å². The van der Waals surface area contributed by atoms with Crippen molar-refractivity contribution in [2.24, 2.45) is 0 Å². The van der Waals surface area contributed by atoms with Gasteiger partial charge in [0.15, 0.2) is 5.69 Å². The Balaban J connectivity index is 1.94. The molecule has 2 rings (SSSR count). The van der Waals surface area contributed by atoms with Crippen molar-refractivity contribution >= 4 is 21.8 Å². The summed E-state index contributed by atoms with van der Waals surface area (Å²) in [6.07, 6.45) is 1.47. The van der Waals surface area contributed by atoms with Gasteiger partial charge in [-0.1, -0.05) is 40.1 Å². The van der Waals surface area contributed by atoms with Crippen molar-refractivity contribution in [1.82, 2.24) is 10.5 Å². The SMILES string of the molecule is Cc1conc1C(=O)NCC(C)c1ccc(Br)cc1. The summed E-state index contributed by atoms with van der Waals surface area (Å²) in [7, 11) is 0. The summed E-state index contributed by atoms with van der Waals surface area (Å²) >= 11 is 3.40. The zero-order chi connectivity index (χ0) is 13.8. The van der Waals surface area contributed by atoms with Gasteiger partial charge in [0.25, 0.3) is 5.91 Å². The van der Waals surface area contributed by atoms with Crippen LogP contribution >= 0.6 is 15.9 Å². The number of hydrogen-bond acceptors (Lipinski definition) is 3. The minimum atomic E-state index is -0.199. The fraction of sp³-hybridized carbons (Fsp3) is 0.286. The summed E-state index contributed by atoms with van der Waals surface area (Å²) in [5, 5.41) is 6.55. The molecule has 1 amide bonds. The predicted molar refractivity (Wildman–Crippen MR) is 76.1 cm³/mol. The van der Waals surface area contributed by atoms with Crippen LogP contribution in [0, 0.1) is 6.92 Å². The van der Waals surface area contributed by atoms with E-state index in [0.29, 0.717) is 12.2 Å². The summed E-state index contributed by atoms with van der Waals surface area (Å²) in [5.74, 6) is 0.0412. The molecule has 1 unspecified atom stereocenters. The smallest absolute Gasteiger partial charge is 0.273 e. The molecule has 0 saturated heterocycles. The second-order valence-corrected chi connectivity index (χ2v) is 5.42. The molecule has 0 bridgehead atoms. The molecular formula is C14H15BrN2O2. The summed E-state index contributed by atoms with van der Waals surface area (Å²) in [6.45, 7) is 4.43. The van der Waals surface area contributed by atoms with Crippen LogP contribution in [0.4, 0.5) is 0 Å². The number of benzene rings is 1. The lowest BCUT2D eigenvalue weighted by Crippen LogP contribution is -2.28. The van der Waals surface area contributed by atoms with Crippen LogP contribution in [0.1, 0.15) is 34.5 Å². The van der Waals surface area contributed by atoms with Gasteiger partial charge in [0.05, 0.1) is 0 Å². The van der Waals surface area contributed by atoms with E-state index < -0.39 is 0 Å². The largest absolute Gasteiger partial charge is 0.364 e. The van der Waals surface area contributed by atoms with E-state index >= 15 is 0 Å². The minimum Gasteiger partial charge on any atom is -0.364 e. The highest BCUT2D eigenvalue weighted by Gasteiger charge is 2.14. The van der Waals surface area contributed by atoms with E-state index in [1.165, 1.54) is 11.8 Å². The molecule has 1 heterocycles. The maximum absolute atomic E-state index is 11.9. The molecule has 1 atom stereocenters. The van der Waals surface area contributed by atoms with E-state index in [1.54, 1.807) is 6.92 Å². The standard InChI is InChI=1S/C14H15BrN2O2/c1-9(11-3-5-12(15)6-4-11)7-16-14(18)13-10(2)8-19-17-13/h3-6,8-9H,7H2,1-2H3,(H,16,18). The number of hydrogen-bond donors (Lipinski definition) is 1. The fourth-order valence-electron chi connectivity index (χ4n) is 1.75. The van der Waals surface area contributed by atoms with Crippen molar-refractivity contribution < 1.29 is 9.32 Å². The molecule has 1 aromatic heterocycles. The molecule has 2 aromatic rings. The lowest BCUT2D eigenvalue weighted by Gasteiger charge is -2.12. The fourth-order valence-corrected chi connectivity index (χ4v) is 2.01. The zero-order valence-corrected chi connectivity index (χ0v) is 12.4. The Bertz CT molecular complexity index is 563. The predicted octanol–water partition coefficient (Wildman–Crippen LogP) is 3.28. The lowest BCUT2D eigenvalue weighted by atomic mass is 10.0. The molecule has 0 saturated carbocycles. The third-order valence-corrected chi connectivity index (χ3v) is 3.50. The molecule has 5 heteroatoms. The van der Waals surface area contributed by atoms with Gasteiger partial charge in [-0.3, -0.25) is 4.79 Å². The lowest BCUT2D eigenvalue weighted by molar-refractivity contribution is 0.0942. The van der Waals surface area contributed by atoms with Crippen LogP contribution in [0.3, 0.4) is 0 Å². The maximum atomic E-state index is 11.9. The molecule has 4 nitrogen and oxygen atoms in total. The highest BCUT2D eigenvalue weighted by atomic mass is 79.9. The molecule has 0 aliphatic rings. The van der Waals surface area contributed by atoms with Crippen molar-refractivity contribution in [2.75, 3.05) is 6.54 Å². The number of nitrogens with one attached hydrogen (secondary N) is 1. The van der Waals surface area contributed by atoms with Crippen LogP contribution in [0.25, 0.3) is 0 Å². The minimum absolute atomic E-state index is 0.199. The molecule has 0 fully saturated rings. The molecule has 0 radical (unpaired) electrons. The average molecular weight is 323 g/mol. The highest BCUT2D eigenvalue weighted by Crippen LogP contribution is 2.18. The van der Waals surface area contributed by atoms with E-state index in [4.69, 9.17) is 4.52 Å². The molecule has 1 aromatic carbocycles. The van der Waals surface area contributed by atoms with Gasteiger partial charge < -0.3 is 9.84 Å². The number of nitrogens with zero attached hydrogens (tertiary/aromatic N) is 1. The summed E-state index contributed by atoms with van der Waals surface area (Å²) in [5.41, 5.74) is 2.28. The van der Waals surface area contributed by atoms with Gasteiger partial charge in [0, 0.05) is 16.6 Å². The van der Waals surface area contributed by atoms with Crippen LogP contribution < -0.4 is 5.32 Å². The molecule has 0 spiro atoms. The number of carbonyl (C=O) groups excluding carboxylic acids is 1. The van der Waals surface area contributed by atoms with Crippen LogP contribution in [-0.4, -0.2) is 17.6 Å². The van der Waals surface area contributed by atoms with Crippen molar-refractivity contribution in [3.63, 3.8) is 0 Å². The Kier molecular flexibility index (Phi) is 4.37. The number of carbonyl (C=O) groups is 1. The Morgan fingerprint density at radius 3 is 2.68 bits per heavy atom. The van der Waals surface area contributed by atoms with E-state index in [2.05, 4.69) is 33.3 Å². The summed E-state index contributed by atoms with van der Waals surface area (Å²) < 4.78 is 5.80. The highest BCUT2D eigenvalue weighted by molar-refractivity contribution is 9.10. The Labute approximate surface area is 120 Å². The van der Waals surface area contributed by atoms with Gasteiger partial charge in [-0.2, -0.15) is 0 Å². The van der Waals surface area contributed by atoms with Crippen molar-refractivity contribution in [3.05, 3.63) is 51.8 Å². The monoisotopic (exact) mass is 322 g/mol. The third kappa shape index (κ3) is 3.44. The molecular weight excluding hydrogens is 308 g/mol.